The lowest BCUT2D eigenvalue weighted by Crippen LogP contribution is -2.46. The Kier molecular flexibility index (Phi) is 5.51. The average Bonchev–Trinajstić information content (AvgIpc) is 3.01. The van der Waals surface area contributed by atoms with Crippen LogP contribution in [0.2, 0.25) is 0 Å². The van der Waals surface area contributed by atoms with E-state index >= 15 is 0 Å². The maximum Gasteiger partial charge on any atom is 0.320 e. The van der Waals surface area contributed by atoms with E-state index in [0.717, 1.165) is 0 Å². The fraction of sp³-hybridized carbons (Fsp3) is 0.667. The van der Waals surface area contributed by atoms with Crippen molar-refractivity contribution in [1.29, 1.82) is 0 Å². The normalized spacial score (nSPS) is 19.1. The van der Waals surface area contributed by atoms with Gasteiger partial charge in [0.15, 0.2) is 0 Å². The molecule has 2 rings (SSSR count). The molecule has 1 atom stereocenters. The molecule has 0 aliphatic carbocycles. The smallest absolute Gasteiger partial charge is 0.320 e. The molecule has 10 heteroatoms. The van der Waals surface area contributed by atoms with Gasteiger partial charge in [-0.15, -0.1) is 0 Å². The van der Waals surface area contributed by atoms with Crippen LogP contribution in [0, 0.1) is 0 Å². The lowest BCUT2D eigenvalue weighted by Gasteiger charge is -2.31. The fourth-order valence-corrected chi connectivity index (χ4v) is 3.67. The van der Waals surface area contributed by atoms with Crippen LogP contribution in [0.25, 0.3) is 0 Å². The molecule has 1 aromatic heterocycles. The molecule has 0 radical (unpaired) electrons. The molecule has 2 heterocycles. The summed E-state index contributed by atoms with van der Waals surface area (Å²) >= 11 is 0. The van der Waals surface area contributed by atoms with Crippen LogP contribution >= 0.6 is 0 Å². The van der Waals surface area contributed by atoms with Crippen molar-refractivity contribution >= 4 is 16.2 Å². The molecule has 22 heavy (non-hydrogen) atoms. The zero-order chi connectivity index (χ0) is 16.2. The van der Waals surface area contributed by atoms with Crippen molar-refractivity contribution in [2.75, 3.05) is 19.6 Å². The summed E-state index contributed by atoms with van der Waals surface area (Å²) in [6.07, 6.45) is 6.80. The Morgan fingerprint density at radius 1 is 1.45 bits per heavy atom. The number of nitrogens with zero attached hydrogens (tertiary/aromatic N) is 3. The quantitative estimate of drug-likeness (QED) is 0.597. The van der Waals surface area contributed by atoms with Gasteiger partial charge in [-0.2, -0.15) is 12.7 Å². The lowest BCUT2D eigenvalue weighted by atomic mass is 10.1. The van der Waals surface area contributed by atoms with Crippen LogP contribution in [0.15, 0.2) is 18.7 Å². The zero-order valence-electron chi connectivity index (χ0n) is 12.1. The summed E-state index contributed by atoms with van der Waals surface area (Å²) in [7, 11) is -3.59. The van der Waals surface area contributed by atoms with E-state index in [1.807, 2.05) is 10.8 Å². The molecule has 1 aliphatic rings. The molecular weight excluding hydrogens is 310 g/mol. The van der Waals surface area contributed by atoms with Gasteiger partial charge in [0.05, 0.1) is 6.33 Å². The van der Waals surface area contributed by atoms with Crippen LogP contribution in [0.1, 0.15) is 25.3 Å². The third-order valence-electron chi connectivity index (χ3n) is 3.77. The molecule has 9 nitrogen and oxygen atoms in total. The summed E-state index contributed by atoms with van der Waals surface area (Å²) in [5, 5.41) is 8.66. The van der Waals surface area contributed by atoms with E-state index in [2.05, 4.69) is 9.71 Å². The number of nitrogens with two attached hydrogens (primary N) is 1. The van der Waals surface area contributed by atoms with Gasteiger partial charge in [-0.05, 0) is 19.3 Å². The first-order valence-electron chi connectivity index (χ1n) is 7.10. The monoisotopic (exact) mass is 331 g/mol. The highest BCUT2D eigenvalue weighted by atomic mass is 32.2. The minimum Gasteiger partial charge on any atom is -0.480 e. The SMILES string of the molecule is N[C@@H](CCNS(=O)(=O)N1CCC(n2ccnc2)CC1)C(=O)O. The summed E-state index contributed by atoms with van der Waals surface area (Å²) in [6, 6.07) is -0.802. The van der Waals surface area contributed by atoms with E-state index in [1.165, 1.54) is 4.31 Å². The molecule has 124 valence electrons. The number of carboxylic acids is 1. The molecule has 0 spiro atoms. The van der Waals surface area contributed by atoms with Crippen molar-refractivity contribution in [1.82, 2.24) is 18.6 Å². The third-order valence-corrected chi connectivity index (χ3v) is 5.38. The van der Waals surface area contributed by atoms with E-state index in [9.17, 15) is 13.2 Å². The molecule has 4 N–H and O–H groups in total. The second kappa shape index (κ2) is 7.18. The maximum absolute atomic E-state index is 12.1. The van der Waals surface area contributed by atoms with Gasteiger partial charge in [0.2, 0.25) is 0 Å². The number of aromatic nitrogens is 2. The fourth-order valence-electron chi connectivity index (χ4n) is 2.42. The van der Waals surface area contributed by atoms with Gasteiger partial charge in [-0.3, -0.25) is 4.79 Å². The number of hydrogen-bond acceptors (Lipinski definition) is 5. The van der Waals surface area contributed by atoms with Crippen LogP contribution in [-0.2, 0) is 15.0 Å². The number of carbonyl (C=O) groups is 1. The molecule has 0 saturated carbocycles. The van der Waals surface area contributed by atoms with E-state index in [0.29, 0.717) is 25.9 Å². The third kappa shape index (κ3) is 4.26. The largest absolute Gasteiger partial charge is 0.480 e. The summed E-state index contributed by atoms with van der Waals surface area (Å²) in [5.74, 6) is -1.14. The second-order valence-corrected chi connectivity index (χ2v) is 7.03. The molecule has 0 unspecified atom stereocenters. The van der Waals surface area contributed by atoms with Gasteiger partial charge in [0.1, 0.15) is 6.04 Å². The highest BCUT2D eigenvalue weighted by molar-refractivity contribution is 7.87. The van der Waals surface area contributed by atoms with Crippen LogP contribution in [0.3, 0.4) is 0 Å². The highest BCUT2D eigenvalue weighted by Gasteiger charge is 2.28. The first-order chi connectivity index (χ1) is 10.4. The Balaban J connectivity index is 1.80. The predicted octanol–water partition coefficient (Wildman–Crippen LogP) is -0.844. The van der Waals surface area contributed by atoms with Crippen molar-refractivity contribution in [3.05, 3.63) is 18.7 Å². The summed E-state index contributed by atoms with van der Waals surface area (Å²) < 4.78 is 30.0. The summed E-state index contributed by atoms with van der Waals surface area (Å²) in [4.78, 5) is 14.6. The van der Waals surface area contributed by atoms with Gasteiger partial charge in [0, 0.05) is 38.1 Å². The Morgan fingerprint density at radius 3 is 2.68 bits per heavy atom. The molecule has 0 aromatic carbocycles. The molecule has 0 bridgehead atoms. The van der Waals surface area contributed by atoms with Crippen molar-refractivity contribution < 1.29 is 18.3 Å². The topological polar surface area (TPSA) is 131 Å². The van der Waals surface area contributed by atoms with Crippen LogP contribution < -0.4 is 10.5 Å². The van der Waals surface area contributed by atoms with Gasteiger partial charge < -0.3 is 15.4 Å². The Hall–Kier alpha value is -1.49. The zero-order valence-corrected chi connectivity index (χ0v) is 12.9. The molecule has 0 amide bonds. The number of piperidine rings is 1. The van der Waals surface area contributed by atoms with Crippen LogP contribution in [0.4, 0.5) is 0 Å². The van der Waals surface area contributed by atoms with Gasteiger partial charge in [-0.25, -0.2) is 9.71 Å². The van der Waals surface area contributed by atoms with Crippen molar-refractivity contribution in [2.24, 2.45) is 5.73 Å². The Morgan fingerprint density at radius 2 is 2.14 bits per heavy atom. The number of carboxylic acid groups (broad SMARTS) is 1. The van der Waals surface area contributed by atoms with Crippen LogP contribution in [-0.4, -0.2) is 59.0 Å². The van der Waals surface area contributed by atoms with E-state index < -0.39 is 22.2 Å². The Labute approximate surface area is 129 Å². The Bertz CT molecular complexity index is 581. The van der Waals surface area contributed by atoms with E-state index in [1.54, 1.807) is 12.5 Å². The van der Waals surface area contributed by atoms with E-state index in [4.69, 9.17) is 10.8 Å². The number of nitrogens with one attached hydrogen (secondary N) is 1. The minimum absolute atomic E-state index is 0.0112. The molecule has 1 saturated heterocycles. The van der Waals surface area contributed by atoms with Gasteiger partial charge in [0.25, 0.3) is 10.2 Å². The van der Waals surface area contributed by atoms with Crippen LogP contribution in [0.5, 0.6) is 0 Å². The average molecular weight is 331 g/mol. The molecule has 1 aromatic rings. The molecule has 1 fully saturated rings. The predicted molar refractivity (Wildman–Crippen MR) is 79.2 cm³/mol. The van der Waals surface area contributed by atoms with Gasteiger partial charge in [-0.1, -0.05) is 0 Å². The minimum atomic E-state index is -3.59. The van der Waals surface area contributed by atoms with E-state index in [-0.39, 0.29) is 19.0 Å². The van der Waals surface area contributed by atoms with Crippen molar-refractivity contribution in [2.45, 2.75) is 31.3 Å². The lowest BCUT2D eigenvalue weighted by molar-refractivity contribution is -0.138. The second-order valence-electron chi connectivity index (χ2n) is 5.27. The first kappa shape index (κ1) is 16.9. The standard InChI is InChI=1S/C12H21N5O4S/c13-11(12(18)19)1-4-15-22(20,21)17-6-2-10(3-7-17)16-8-5-14-9-16/h5,8-11,15H,1-4,6-7,13H2,(H,18,19)/t11-/m0/s1. The molecule has 1 aliphatic heterocycles. The summed E-state index contributed by atoms with van der Waals surface area (Å²) in [6.45, 7) is 0.851. The number of imidazole rings is 1. The number of rotatable bonds is 7. The maximum atomic E-state index is 12.1. The summed E-state index contributed by atoms with van der Waals surface area (Å²) in [5.41, 5.74) is 5.34. The van der Waals surface area contributed by atoms with Crippen molar-refractivity contribution in [3.8, 4) is 0 Å². The first-order valence-corrected chi connectivity index (χ1v) is 8.54. The number of hydrogen-bond donors (Lipinski definition) is 3. The van der Waals surface area contributed by atoms with Gasteiger partial charge >= 0.3 is 5.97 Å². The highest BCUT2D eigenvalue weighted by Crippen LogP contribution is 2.23. The molecular formula is C12H21N5O4S. The number of aliphatic carboxylic acids is 1. The van der Waals surface area contributed by atoms with Crippen molar-refractivity contribution in [3.63, 3.8) is 0 Å².